The third-order valence-electron chi connectivity index (χ3n) is 6.67. The van der Waals surface area contributed by atoms with Crippen LogP contribution in [0.15, 0.2) is 44.3 Å². The number of hydrogen-bond donors (Lipinski definition) is 8. The van der Waals surface area contributed by atoms with Crippen molar-refractivity contribution < 1.29 is 9.59 Å². The molecule has 4 atom stereocenters. The Labute approximate surface area is 235 Å². The molecule has 1 aliphatic carbocycles. The molecule has 0 aromatic carbocycles. The number of carbonyl (C=O) groups is 2. The molecule has 1 saturated carbocycles. The van der Waals surface area contributed by atoms with Crippen LogP contribution in [0.4, 0.5) is 11.9 Å². The molecule has 0 aliphatic heterocycles. The topological polar surface area (TPSA) is 199 Å². The number of anilines is 2. The molecule has 37 heavy (non-hydrogen) atoms. The quantitative estimate of drug-likeness (QED) is 0.139. The Morgan fingerprint density at radius 2 is 1.38 bits per heavy atom. The molecule has 4 aromatic heterocycles. The Morgan fingerprint density at radius 3 is 1.78 bits per heavy atom. The minimum absolute atomic E-state index is 0.0564. The van der Waals surface area contributed by atoms with Crippen LogP contribution in [-0.4, -0.2) is 54.8 Å². The van der Waals surface area contributed by atoms with Crippen LogP contribution in [0.3, 0.4) is 0 Å². The maximum absolute atomic E-state index is 12.9. The van der Waals surface area contributed by atoms with Gasteiger partial charge in [-0.2, -0.15) is 0 Å². The maximum atomic E-state index is 12.9. The van der Waals surface area contributed by atoms with Crippen LogP contribution < -0.4 is 22.1 Å². The minimum atomic E-state index is -0.248. The molecule has 1 aliphatic rings. The number of amides is 2. The van der Waals surface area contributed by atoms with E-state index in [0.717, 1.165) is 20.3 Å². The molecular weight excluding hydrogens is 676 g/mol. The summed E-state index contributed by atoms with van der Waals surface area (Å²) >= 11 is 10.1. The zero-order valence-corrected chi connectivity index (χ0v) is 23.9. The highest BCUT2D eigenvalue weighted by Crippen LogP contribution is 2.56. The van der Waals surface area contributed by atoms with Crippen molar-refractivity contribution in [2.75, 3.05) is 24.6 Å². The van der Waals surface area contributed by atoms with Crippen molar-refractivity contribution in [2.45, 2.75) is 11.8 Å². The van der Waals surface area contributed by atoms with Crippen LogP contribution in [0.2, 0.25) is 0 Å². The van der Waals surface area contributed by atoms with Gasteiger partial charge in [-0.1, -0.05) is 0 Å². The fourth-order valence-electron chi connectivity index (χ4n) is 5.00. The van der Waals surface area contributed by atoms with Gasteiger partial charge >= 0.3 is 0 Å². The monoisotopic (exact) mass is 696 g/mol. The lowest BCUT2D eigenvalue weighted by Gasteiger charge is -2.51. The van der Waals surface area contributed by atoms with E-state index >= 15 is 0 Å². The highest BCUT2D eigenvalue weighted by molar-refractivity contribution is 9.13. The van der Waals surface area contributed by atoms with E-state index in [2.05, 4.69) is 88.3 Å². The molecular formula is C22H23Br3N10O2. The summed E-state index contributed by atoms with van der Waals surface area (Å²) in [6.07, 6.45) is 5.10. The number of aromatic amines is 4. The molecule has 4 heterocycles. The van der Waals surface area contributed by atoms with Gasteiger partial charge < -0.3 is 42.0 Å². The molecule has 0 bridgehead atoms. The highest BCUT2D eigenvalue weighted by Gasteiger charge is 2.53. The van der Waals surface area contributed by atoms with Gasteiger partial charge in [-0.25, -0.2) is 9.97 Å². The number of nitrogen functional groups attached to an aromatic ring is 2. The van der Waals surface area contributed by atoms with Crippen LogP contribution in [0.5, 0.6) is 0 Å². The molecule has 0 saturated heterocycles. The SMILES string of the molecule is Nc1ncc(C2C(CNC(=O)c3cc(Br)c[nH]3)C(CNC(=O)c3cc(Br)c(Br)[nH]3)C2c2cnc(N)[nH]2)[nH]1. The molecule has 12 nitrogen and oxygen atoms in total. The largest absolute Gasteiger partial charge is 0.369 e. The summed E-state index contributed by atoms with van der Waals surface area (Å²) in [4.78, 5) is 46.2. The summed E-state index contributed by atoms with van der Waals surface area (Å²) in [5.74, 6) is -0.166. The van der Waals surface area contributed by atoms with Crippen LogP contribution >= 0.6 is 47.8 Å². The second kappa shape index (κ2) is 10.4. The predicted octanol–water partition coefficient (Wildman–Crippen LogP) is 3.21. The summed E-state index contributed by atoms with van der Waals surface area (Å²) in [6.45, 7) is 0.713. The predicted molar refractivity (Wildman–Crippen MR) is 148 cm³/mol. The third-order valence-corrected chi connectivity index (χ3v) is 8.91. The number of hydrogen-bond acceptors (Lipinski definition) is 6. The van der Waals surface area contributed by atoms with Gasteiger partial charge in [0.25, 0.3) is 11.8 Å². The Bertz CT molecular complexity index is 1420. The first-order chi connectivity index (χ1) is 17.7. The van der Waals surface area contributed by atoms with Crippen molar-refractivity contribution >= 4 is 71.5 Å². The van der Waals surface area contributed by atoms with Crippen LogP contribution in [0, 0.1) is 11.8 Å². The Kier molecular flexibility index (Phi) is 7.18. The van der Waals surface area contributed by atoms with Crippen molar-refractivity contribution in [2.24, 2.45) is 11.8 Å². The van der Waals surface area contributed by atoms with E-state index in [-0.39, 0.29) is 35.5 Å². The number of aromatic nitrogens is 6. The minimum Gasteiger partial charge on any atom is -0.369 e. The second-order valence-corrected chi connectivity index (χ2v) is 11.4. The first-order valence-electron chi connectivity index (χ1n) is 11.3. The zero-order chi connectivity index (χ0) is 26.3. The van der Waals surface area contributed by atoms with E-state index in [4.69, 9.17) is 11.5 Å². The normalized spacial score (nSPS) is 20.9. The number of rotatable bonds is 8. The first-order valence-corrected chi connectivity index (χ1v) is 13.6. The van der Waals surface area contributed by atoms with E-state index in [1.807, 2.05) is 0 Å². The fraction of sp³-hybridized carbons (Fsp3) is 0.273. The number of carbonyl (C=O) groups excluding carboxylic acids is 2. The number of halogens is 3. The zero-order valence-electron chi connectivity index (χ0n) is 19.1. The highest BCUT2D eigenvalue weighted by atomic mass is 79.9. The summed E-state index contributed by atoms with van der Waals surface area (Å²) < 4.78 is 2.22. The lowest BCUT2D eigenvalue weighted by molar-refractivity contribution is 0.0674. The first kappa shape index (κ1) is 25.6. The molecule has 0 radical (unpaired) electrons. The number of nitrogens with two attached hydrogens (primary N) is 2. The Hall–Kier alpha value is -3.04. The van der Waals surface area contributed by atoms with Crippen molar-refractivity contribution in [3.05, 3.63) is 67.0 Å². The van der Waals surface area contributed by atoms with Crippen LogP contribution in [0.1, 0.15) is 44.2 Å². The molecule has 15 heteroatoms. The average Bonchev–Trinajstić information content (AvgIpc) is 3.63. The smallest absolute Gasteiger partial charge is 0.267 e. The van der Waals surface area contributed by atoms with E-state index in [1.165, 1.54) is 0 Å². The summed E-state index contributed by atoms with van der Waals surface area (Å²) in [6, 6.07) is 3.42. The van der Waals surface area contributed by atoms with Crippen molar-refractivity contribution in [3.8, 4) is 0 Å². The number of nitrogens with zero attached hydrogens (tertiary/aromatic N) is 2. The summed E-state index contributed by atoms with van der Waals surface area (Å²) in [7, 11) is 0. The maximum Gasteiger partial charge on any atom is 0.267 e. The summed E-state index contributed by atoms with van der Waals surface area (Å²) in [5, 5.41) is 6.04. The molecule has 1 fully saturated rings. The molecule has 2 amide bonds. The van der Waals surface area contributed by atoms with E-state index in [9.17, 15) is 9.59 Å². The molecule has 0 spiro atoms. The van der Waals surface area contributed by atoms with Gasteiger partial charge in [0.15, 0.2) is 11.9 Å². The average molecular weight is 699 g/mol. The van der Waals surface area contributed by atoms with E-state index in [0.29, 0.717) is 41.0 Å². The van der Waals surface area contributed by atoms with E-state index < -0.39 is 0 Å². The molecule has 194 valence electrons. The third kappa shape index (κ3) is 5.20. The Morgan fingerprint density at radius 1 is 0.838 bits per heavy atom. The van der Waals surface area contributed by atoms with Crippen molar-refractivity contribution in [1.29, 1.82) is 0 Å². The second-order valence-electron chi connectivity index (χ2n) is 8.82. The Balaban J connectivity index is 1.40. The number of imidazole rings is 2. The van der Waals surface area contributed by atoms with Gasteiger partial charge in [0.1, 0.15) is 11.4 Å². The standard InChI is InChI=1S/C22H23Br3N10O2/c23-8-1-12(28-3-8)19(36)29-4-9-10(5-30-20(37)13-2-11(24)18(25)33-13)17(15-7-32-22(27)35-15)16(9)14-6-31-21(26)34-14/h1-3,6-7,9-10,16-17,28,33H,4-5H2,(H,29,36)(H,30,37)(H3,26,31,34)(H3,27,32,35). The van der Waals surface area contributed by atoms with Crippen molar-refractivity contribution in [3.63, 3.8) is 0 Å². The van der Waals surface area contributed by atoms with E-state index in [1.54, 1.807) is 30.7 Å². The van der Waals surface area contributed by atoms with Crippen LogP contribution in [-0.2, 0) is 0 Å². The fourth-order valence-corrected chi connectivity index (χ4v) is 6.00. The molecule has 4 aromatic rings. The summed E-state index contributed by atoms with van der Waals surface area (Å²) in [5.41, 5.74) is 14.3. The van der Waals surface area contributed by atoms with Gasteiger partial charge in [0.2, 0.25) is 0 Å². The lowest BCUT2D eigenvalue weighted by atomic mass is 9.54. The number of nitrogens with one attached hydrogen (secondary N) is 6. The molecule has 10 N–H and O–H groups in total. The van der Waals surface area contributed by atoms with Crippen LogP contribution in [0.25, 0.3) is 0 Å². The lowest BCUT2D eigenvalue weighted by Crippen LogP contribution is -2.53. The van der Waals surface area contributed by atoms with Crippen molar-refractivity contribution in [1.82, 2.24) is 40.5 Å². The van der Waals surface area contributed by atoms with Gasteiger partial charge in [-0.15, -0.1) is 0 Å². The molecule has 5 rings (SSSR count). The molecule has 4 unspecified atom stereocenters. The van der Waals surface area contributed by atoms with Gasteiger partial charge in [-0.3, -0.25) is 9.59 Å². The number of H-pyrrole nitrogens is 4. The van der Waals surface area contributed by atoms with Gasteiger partial charge in [0, 0.05) is 47.0 Å². The van der Waals surface area contributed by atoms with Gasteiger partial charge in [-0.05, 0) is 71.8 Å². The van der Waals surface area contributed by atoms with Gasteiger partial charge in [0.05, 0.1) is 21.5 Å².